The standard InChI is InChI=1S/C12H23NO2S/c1-2-13-12(11-4-3-5-11)8-10-6-7-16(14,15)9-10/h10-13H,2-9H2,1H3. The van der Waals surface area contributed by atoms with Crippen molar-refractivity contribution in [3.63, 3.8) is 0 Å². The Morgan fingerprint density at radius 3 is 2.50 bits per heavy atom. The van der Waals surface area contributed by atoms with Crippen LogP contribution in [0, 0.1) is 11.8 Å². The molecular weight excluding hydrogens is 222 g/mol. The minimum absolute atomic E-state index is 0.412. The summed E-state index contributed by atoms with van der Waals surface area (Å²) in [6.45, 7) is 3.14. The van der Waals surface area contributed by atoms with E-state index < -0.39 is 9.84 Å². The monoisotopic (exact) mass is 245 g/mol. The molecule has 0 spiro atoms. The first-order valence-corrected chi connectivity index (χ1v) is 8.36. The van der Waals surface area contributed by atoms with Gasteiger partial charge in [0.2, 0.25) is 0 Å². The molecule has 16 heavy (non-hydrogen) atoms. The zero-order valence-corrected chi connectivity index (χ0v) is 10.9. The van der Waals surface area contributed by atoms with E-state index in [1.54, 1.807) is 0 Å². The Balaban J connectivity index is 1.85. The normalized spacial score (nSPS) is 31.2. The van der Waals surface area contributed by atoms with Gasteiger partial charge < -0.3 is 5.32 Å². The van der Waals surface area contributed by atoms with Crippen molar-refractivity contribution < 1.29 is 8.42 Å². The largest absolute Gasteiger partial charge is 0.314 e. The molecule has 3 nitrogen and oxygen atoms in total. The minimum Gasteiger partial charge on any atom is -0.314 e. The van der Waals surface area contributed by atoms with Gasteiger partial charge in [-0.25, -0.2) is 8.42 Å². The Morgan fingerprint density at radius 1 is 1.31 bits per heavy atom. The van der Waals surface area contributed by atoms with Gasteiger partial charge in [-0.2, -0.15) is 0 Å². The van der Waals surface area contributed by atoms with Gasteiger partial charge in [0, 0.05) is 6.04 Å². The molecule has 1 heterocycles. The first-order chi connectivity index (χ1) is 7.61. The van der Waals surface area contributed by atoms with E-state index in [0.717, 1.165) is 25.3 Å². The van der Waals surface area contributed by atoms with Crippen LogP contribution < -0.4 is 5.32 Å². The van der Waals surface area contributed by atoms with Crippen LogP contribution in [0.3, 0.4) is 0 Å². The first kappa shape index (κ1) is 12.4. The Bertz CT molecular complexity index is 322. The average Bonchev–Trinajstić information content (AvgIpc) is 2.43. The fourth-order valence-electron chi connectivity index (χ4n) is 2.96. The lowest BCUT2D eigenvalue weighted by atomic mass is 9.76. The first-order valence-electron chi connectivity index (χ1n) is 6.54. The van der Waals surface area contributed by atoms with Crippen LogP contribution in [-0.4, -0.2) is 32.5 Å². The van der Waals surface area contributed by atoms with Crippen LogP contribution in [0.25, 0.3) is 0 Å². The Kier molecular flexibility index (Phi) is 3.90. The van der Waals surface area contributed by atoms with Crippen molar-refractivity contribution in [2.24, 2.45) is 11.8 Å². The fourth-order valence-corrected chi connectivity index (χ4v) is 4.84. The zero-order chi connectivity index (χ0) is 11.6. The third-order valence-electron chi connectivity index (χ3n) is 4.10. The Morgan fingerprint density at radius 2 is 2.06 bits per heavy atom. The second-order valence-electron chi connectivity index (χ2n) is 5.36. The molecule has 1 aliphatic carbocycles. The summed E-state index contributed by atoms with van der Waals surface area (Å²) in [5, 5.41) is 3.54. The van der Waals surface area contributed by atoms with E-state index in [4.69, 9.17) is 0 Å². The van der Waals surface area contributed by atoms with E-state index in [1.807, 2.05) is 0 Å². The molecule has 0 radical (unpaired) electrons. The number of sulfone groups is 1. The van der Waals surface area contributed by atoms with Crippen LogP contribution in [0.2, 0.25) is 0 Å². The Hall–Kier alpha value is -0.0900. The summed E-state index contributed by atoms with van der Waals surface area (Å²) in [5.74, 6) is 2.07. The van der Waals surface area contributed by atoms with Crippen LogP contribution in [0.4, 0.5) is 0 Å². The van der Waals surface area contributed by atoms with Crippen molar-refractivity contribution in [1.82, 2.24) is 5.32 Å². The predicted molar refractivity (Wildman–Crippen MR) is 66.2 cm³/mol. The van der Waals surface area contributed by atoms with Gasteiger partial charge in [-0.05, 0) is 44.1 Å². The van der Waals surface area contributed by atoms with Crippen molar-refractivity contribution in [2.75, 3.05) is 18.1 Å². The molecular formula is C12H23NO2S. The van der Waals surface area contributed by atoms with Gasteiger partial charge in [0.05, 0.1) is 11.5 Å². The molecule has 1 saturated heterocycles. The minimum atomic E-state index is -2.70. The van der Waals surface area contributed by atoms with Crippen LogP contribution in [0.5, 0.6) is 0 Å². The lowest BCUT2D eigenvalue weighted by Gasteiger charge is -2.35. The lowest BCUT2D eigenvalue weighted by molar-refractivity contribution is 0.205. The maximum absolute atomic E-state index is 11.4. The highest BCUT2D eigenvalue weighted by molar-refractivity contribution is 7.91. The van der Waals surface area contributed by atoms with Gasteiger partial charge in [0.25, 0.3) is 0 Å². The summed E-state index contributed by atoms with van der Waals surface area (Å²) < 4.78 is 22.8. The van der Waals surface area contributed by atoms with Gasteiger partial charge in [-0.1, -0.05) is 13.3 Å². The van der Waals surface area contributed by atoms with Crippen molar-refractivity contribution in [3.05, 3.63) is 0 Å². The van der Waals surface area contributed by atoms with Crippen molar-refractivity contribution >= 4 is 9.84 Å². The molecule has 2 aliphatic rings. The van der Waals surface area contributed by atoms with Crippen molar-refractivity contribution in [2.45, 2.75) is 45.1 Å². The molecule has 2 atom stereocenters. The van der Waals surface area contributed by atoms with E-state index in [0.29, 0.717) is 23.5 Å². The summed E-state index contributed by atoms with van der Waals surface area (Å²) in [6.07, 6.45) is 5.97. The molecule has 1 saturated carbocycles. The van der Waals surface area contributed by atoms with E-state index >= 15 is 0 Å². The predicted octanol–water partition coefficient (Wildman–Crippen LogP) is 1.59. The van der Waals surface area contributed by atoms with Crippen LogP contribution in [0.1, 0.15) is 39.0 Å². The third kappa shape index (κ3) is 2.98. The zero-order valence-electron chi connectivity index (χ0n) is 10.1. The summed E-state index contributed by atoms with van der Waals surface area (Å²) >= 11 is 0. The molecule has 2 rings (SSSR count). The van der Waals surface area contributed by atoms with Crippen molar-refractivity contribution in [1.29, 1.82) is 0 Å². The quantitative estimate of drug-likeness (QED) is 0.800. The van der Waals surface area contributed by atoms with Gasteiger partial charge in [-0.3, -0.25) is 0 Å². The highest BCUT2D eigenvalue weighted by Crippen LogP contribution is 2.34. The lowest BCUT2D eigenvalue weighted by Crippen LogP contribution is -2.41. The third-order valence-corrected chi connectivity index (χ3v) is 5.94. The number of nitrogens with one attached hydrogen (secondary N) is 1. The second kappa shape index (κ2) is 5.05. The average molecular weight is 245 g/mol. The molecule has 0 aromatic rings. The fraction of sp³-hybridized carbons (Fsp3) is 1.00. The van der Waals surface area contributed by atoms with Crippen LogP contribution in [-0.2, 0) is 9.84 Å². The van der Waals surface area contributed by atoms with E-state index in [9.17, 15) is 8.42 Å². The van der Waals surface area contributed by atoms with Gasteiger partial charge >= 0.3 is 0 Å². The smallest absolute Gasteiger partial charge is 0.150 e. The second-order valence-corrected chi connectivity index (χ2v) is 7.59. The molecule has 94 valence electrons. The summed E-state index contributed by atoms with van der Waals surface area (Å²) in [5.41, 5.74) is 0. The maximum atomic E-state index is 11.4. The molecule has 1 aliphatic heterocycles. The molecule has 0 bridgehead atoms. The Labute approximate surface area is 98.9 Å². The molecule has 0 aromatic carbocycles. The summed E-state index contributed by atoms with van der Waals surface area (Å²) in [4.78, 5) is 0. The highest BCUT2D eigenvalue weighted by atomic mass is 32.2. The van der Waals surface area contributed by atoms with Gasteiger partial charge in [-0.15, -0.1) is 0 Å². The molecule has 0 amide bonds. The van der Waals surface area contributed by atoms with Gasteiger partial charge in [0.15, 0.2) is 9.84 Å². The maximum Gasteiger partial charge on any atom is 0.150 e. The van der Waals surface area contributed by atoms with E-state index in [-0.39, 0.29) is 0 Å². The number of hydrogen-bond donors (Lipinski definition) is 1. The molecule has 0 aromatic heterocycles. The van der Waals surface area contributed by atoms with E-state index in [2.05, 4.69) is 12.2 Å². The molecule has 1 N–H and O–H groups in total. The molecule has 2 unspecified atom stereocenters. The highest BCUT2D eigenvalue weighted by Gasteiger charge is 2.33. The topological polar surface area (TPSA) is 46.2 Å². The summed E-state index contributed by atoms with van der Waals surface area (Å²) in [6, 6.07) is 0.567. The number of hydrogen-bond acceptors (Lipinski definition) is 3. The van der Waals surface area contributed by atoms with Crippen LogP contribution >= 0.6 is 0 Å². The van der Waals surface area contributed by atoms with Crippen molar-refractivity contribution in [3.8, 4) is 0 Å². The SMILES string of the molecule is CCNC(CC1CCS(=O)(=O)C1)C1CCC1. The number of rotatable bonds is 5. The van der Waals surface area contributed by atoms with E-state index in [1.165, 1.54) is 19.3 Å². The van der Waals surface area contributed by atoms with Crippen LogP contribution in [0.15, 0.2) is 0 Å². The van der Waals surface area contributed by atoms with Gasteiger partial charge in [0.1, 0.15) is 0 Å². The molecule has 2 fully saturated rings. The molecule has 4 heteroatoms. The summed E-state index contributed by atoms with van der Waals surface area (Å²) in [7, 11) is -2.70.